The standard InChI is InChI=1S/C20H25N7/c1-14-17(15(2)26(3)25-14)13-27-11-4-6-18(27)16-7-10-21-19(12-16)24-20-22-8-5-9-23-20/h5,7-10,12,18H,4,6,11,13H2,1-3H3,(H,21,22,23,24)/t18-/m0/s1. The van der Waals surface area contributed by atoms with Crippen LogP contribution in [0.25, 0.3) is 0 Å². The lowest BCUT2D eigenvalue weighted by Crippen LogP contribution is -2.23. The summed E-state index contributed by atoms with van der Waals surface area (Å²) in [7, 11) is 2.01. The molecule has 1 fully saturated rings. The summed E-state index contributed by atoms with van der Waals surface area (Å²) in [6.45, 7) is 6.28. The highest BCUT2D eigenvalue weighted by Gasteiger charge is 2.28. The van der Waals surface area contributed by atoms with E-state index in [-0.39, 0.29) is 0 Å². The van der Waals surface area contributed by atoms with Gasteiger partial charge in [0.1, 0.15) is 5.82 Å². The number of rotatable bonds is 5. The molecule has 140 valence electrons. The van der Waals surface area contributed by atoms with Crippen molar-refractivity contribution in [1.29, 1.82) is 0 Å². The third kappa shape index (κ3) is 3.68. The van der Waals surface area contributed by atoms with Crippen molar-refractivity contribution >= 4 is 11.8 Å². The number of hydrogen-bond acceptors (Lipinski definition) is 6. The van der Waals surface area contributed by atoms with Gasteiger partial charge in [-0.1, -0.05) is 0 Å². The van der Waals surface area contributed by atoms with Crippen LogP contribution in [0.2, 0.25) is 0 Å². The van der Waals surface area contributed by atoms with Crippen LogP contribution in [-0.2, 0) is 13.6 Å². The summed E-state index contributed by atoms with van der Waals surface area (Å²) in [6, 6.07) is 6.42. The summed E-state index contributed by atoms with van der Waals surface area (Å²) in [5.41, 5.74) is 4.99. The zero-order chi connectivity index (χ0) is 18.8. The van der Waals surface area contributed by atoms with Gasteiger partial charge in [0.15, 0.2) is 0 Å². The molecule has 27 heavy (non-hydrogen) atoms. The molecular formula is C20H25N7. The average Bonchev–Trinajstić information content (AvgIpc) is 3.23. The average molecular weight is 363 g/mol. The summed E-state index contributed by atoms with van der Waals surface area (Å²) in [5.74, 6) is 1.34. The Morgan fingerprint density at radius 2 is 1.96 bits per heavy atom. The third-order valence-corrected chi connectivity index (χ3v) is 5.36. The smallest absolute Gasteiger partial charge is 0.228 e. The van der Waals surface area contributed by atoms with Gasteiger partial charge in [0.25, 0.3) is 0 Å². The molecule has 0 radical (unpaired) electrons. The fourth-order valence-corrected chi connectivity index (χ4v) is 3.84. The van der Waals surface area contributed by atoms with Gasteiger partial charge in [0, 0.05) is 49.5 Å². The van der Waals surface area contributed by atoms with Crippen LogP contribution in [0, 0.1) is 13.8 Å². The molecule has 1 N–H and O–H groups in total. The normalized spacial score (nSPS) is 17.4. The summed E-state index contributed by atoms with van der Waals surface area (Å²) in [4.78, 5) is 15.4. The molecule has 3 aromatic rings. The van der Waals surface area contributed by atoms with Gasteiger partial charge in [-0.3, -0.25) is 9.58 Å². The molecule has 1 aliphatic rings. The molecule has 0 aromatic carbocycles. The predicted octanol–water partition coefficient (Wildman–Crippen LogP) is 3.30. The number of aryl methyl sites for hydroxylation is 2. The molecule has 3 aromatic heterocycles. The number of likely N-dealkylation sites (tertiary alicyclic amines) is 1. The van der Waals surface area contributed by atoms with Crippen LogP contribution in [0.15, 0.2) is 36.8 Å². The van der Waals surface area contributed by atoms with E-state index in [0.29, 0.717) is 12.0 Å². The second-order valence-electron chi connectivity index (χ2n) is 7.07. The molecular weight excluding hydrogens is 338 g/mol. The van der Waals surface area contributed by atoms with E-state index in [2.05, 4.69) is 56.2 Å². The van der Waals surface area contributed by atoms with E-state index < -0.39 is 0 Å². The van der Waals surface area contributed by atoms with Gasteiger partial charge < -0.3 is 5.32 Å². The van der Waals surface area contributed by atoms with Crippen LogP contribution < -0.4 is 5.32 Å². The summed E-state index contributed by atoms with van der Waals surface area (Å²) in [6.07, 6.45) is 7.66. The van der Waals surface area contributed by atoms with Crippen molar-refractivity contribution in [2.75, 3.05) is 11.9 Å². The minimum absolute atomic E-state index is 0.393. The number of nitrogens with zero attached hydrogens (tertiary/aromatic N) is 6. The van der Waals surface area contributed by atoms with Crippen LogP contribution >= 0.6 is 0 Å². The lowest BCUT2D eigenvalue weighted by Gasteiger charge is -2.25. The van der Waals surface area contributed by atoms with Crippen molar-refractivity contribution in [3.63, 3.8) is 0 Å². The number of hydrogen-bond donors (Lipinski definition) is 1. The molecule has 0 aliphatic carbocycles. The molecule has 4 heterocycles. The maximum absolute atomic E-state index is 4.57. The van der Waals surface area contributed by atoms with Gasteiger partial charge in [0.2, 0.25) is 5.95 Å². The number of pyridine rings is 1. The number of aromatic nitrogens is 5. The molecule has 7 heteroatoms. The summed E-state index contributed by atoms with van der Waals surface area (Å²) < 4.78 is 1.98. The molecule has 0 unspecified atom stereocenters. The summed E-state index contributed by atoms with van der Waals surface area (Å²) >= 11 is 0. The van der Waals surface area contributed by atoms with Crippen LogP contribution in [-0.4, -0.2) is 36.2 Å². The predicted molar refractivity (Wildman–Crippen MR) is 105 cm³/mol. The molecule has 4 rings (SSSR count). The second-order valence-corrected chi connectivity index (χ2v) is 7.07. The minimum atomic E-state index is 0.393. The largest absolute Gasteiger partial charge is 0.309 e. The van der Waals surface area contributed by atoms with Crippen molar-refractivity contribution < 1.29 is 0 Å². The Bertz CT molecular complexity index is 919. The van der Waals surface area contributed by atoms with Gasteiger partial charge in [-0.2, -0.15) is 5.10 Å². The first kappa shape index (κ1) is 17.6. The molecule has 1 aliphatic heterocycles. The van der Waals surface area contributed by atoms with Gasteiger partial charge in [-0.15, -0.1) is 0 Å². The lowest BCUT2D eigenvalue weighted by molar-refractivity contribution is 0.247. The Balaban J connectivity index is 1.54. The van der Waals surface area contributed by atoms with Crippen LogP contribution in [0.1, 0.15) is 41.4 Å². The van der Waals surface area contributed by atoms with Gasteiger partial charge in [0.05, 0.1) is 5.69 Å². The van der Waals surface area contributed by atoms with Crippen molar-refractivity contribution in [3.05, 3.63) is 59.3 Å². The molecule has 0 bridgehead atoms. The summed E-state index contributed by atoms with van der Waals surface area (Å²) in [5, 5.41) is 7.76. The van der Waals surface area contributed by atoms with E-state index in [1.807, 2.05) is 17.9 Å². The lowest BCUT2D eigenvalue weighted by atomic mass is 10.0. The first-order valence-corrected chi connectivity index (χ1v) is 9.35. The van der Waals surface area contributed by atoms with Crippen molar-refractivity contribution in [3.8, 4) is 0 Å². The van der Waals surface area contributed by atoms with Crippen LogP contribution in [0.5, 0.6) is 0 Å². The molecule has 7 nitrogen and oxygen atoms in total. The van der Waals surface area contributed by atoms with Gasteiger partial charge in [-0.05, 0) is 57.0 Å². The first-order chi connectivity index (χ1) is 13.1. The van der Waals surface area contributed by atoms with Gasteiger partial charge in [-0.25, -0.2) is 15.0 Å². The zero-order valence-corrected chi connectivity index (χ0v) is 16.1. The van der Waals surface area contributed by atoms with E-state index in [9.17, 15) is 0 Å². The maximum atomic E-state index is 4.57. The Labute approximate surface area is 159 Å². The Kier molecular flexibility index (Phi) is 4.85. The van der Waals surface area contributed by atoms with E-state index >= 15 is 0 Å². The first-order valence-electron chi connectivity index (χ1n) is 9.35. The minimum Gasteiger partial charge on any atom is -0.309 e. The topological polar surface area (TPSA) is 71.8 Å². The van der Waals surface area contributed by atoms with Crippen LogP contribution in [0.3, 0.4) is 0 Å². The molecule has 0 spiro atoms. The van der Waals surface area contributed by atoms with Crippen molar-refractivity contribution in [1.82, 2.24) is 29.6 Å². The zero-order valence-electron chi connectivity index (χ0n) is 16.1. The fraction of sp³-hybridized carbons (Fsp3) is 0.400. The number of nitrogens with one attached hydrogen (secondary N) is 1. The van der Waals surface area contributed by atoms with E-state index in [1.165, 1.54) is 23.2 Å². The van der Waals surface area contributed by atoms with E-state index in [0.717, 1.165) is 31.0 Å². The monoisotopic (exact) mass is 363 g/mol. The highest BCUT2D eigenvalue weighted by atomic mass is 15.3. The Morgan fingerprint density at radius 3 is 2.70 bits per heavy atom. The maximum Gasteiger partial charge on any atom is 0.228 e. The van der Waals surface area contributed by atoms with E-state index in [4.69, 9.17) is 0 Å². The highest BCUT2D eigenvalue weighted by Crippen LogP contribution is 2.34. The Hall–Kier alpha value is -2.80. The Morgan fingerprint density at radius 1 is 1.15 bits per heavy atom. The molecule has 1 atom stereocenters. The van der Waals surface area contributed by atoms with Crippen LogP contribution in [0.4, 0.5) is 11.8 Å². The molecule has 0 amide bonds. The SMILES string of the molecule is Cc1nn(C)c(C)c1CN1CCC[C@H]1c1ccnc(Nc2ncccn2)c1. The second kappa shape index (κ2) is 7.44. The van der Waals surface area contributed by atoms with E-state index in [1.54, 1.807) is 18.5 Å². The highest BCUT2D eigenvalue weighted by molar-refractivity contribution is 5.48. The molecule has 1 saturated heterocycles. The van der Waals surface area contributed by atoms with Crippen molar-refractivity contribution in [2.45, 2.75) is 39.3 Å². The fourth-order valence-electron chi connectivity index (χ4n) is 3.84. The quantitative estimate of drug-likeness (QED) is 0.750. The van der Waals surface area contributed by atoms with Gasteiger partial charge >= 0.3 is 0 Å². The number of anilines is 2. The van der Waals surface area contributed by atoms with Crippen molar-refractivity contribution in [2.24, 2.45) is 7.05 Å². The third-order valence-electron chi connectivity index (χ3n) is 5.36. The molecule has 0 saturated carbocycles.